The zero-order valence-corrected chi connectivity index (χ0v) is 19.0. The molecule has 32 heavy (non-hydrogen) atoms. The van der Waals surface area contributed by atoms with Crippen molar-refractivity contribution in [1.29, 1.82) is 0 Å². The minimum Gasteiger partial charge on any atom is -0.481 e. The second kappa shape index (κ2) is 10.2. The van der Waals surface area contributed by atoms with Crippen molar-refractivity contribution >= 4 is 34.7 Å². The third kappa shape index (κ3) is 5.04. The molecule has 0 aromatic carbocycles. The Balaban J connectivity index is 0.00000141. The fraction of sp³-hybridized carbons (Fsp3) is 0.435. The molecule has 3 heterocycles. The Bertz CT molecular complexity index is 1090. The van der Waals surface area contributed by atoms with Crippen LogP contribution in [0.4, 0.5) is 11.8 Å². The van der Waals surface area contributed by atoms with Crippen LogP contribution in [0.15, 0.2) is 30.6 Å². The Labute approximate surface area is 187 Å². The van der Waals surface area contributed by atoms with E-state index in [9.17, 15) is 9.59 Å². The second-order valence-corrected chi connectivity index (χ2v) is 7.76. The van der Waals surface area contributed by atoms with Crippen molar-refractivity contribution in [2.45, 2.75) is 52.0 Å². The van der Waals surface area contributed by atoms with Gasteiger partial charge in [0, 0.05) is 37.9 Å². The minimum atomic E-state index is -0.901. The van der Waals surface area contributed by atoms with Crippen molar-refractivity contribution in [3.63, 3.8) is 0 Å². The van der Waals surface area contributed by atoms with Gasteiger partial charge in [-0.1, -0.05) is 32.8 Å². The highest BCUT2D eigenvalue weighted by molar-refractivity contribution is 5.97. The number of carbonyl (C=O) groups excluding carboxylic acids is 1. The molecular formula is C23H30N6O3. The summed E-state index contributed by atoms with van der Waals surface area (Å²) in [6.45, 7) is 4.00. The summed E-state index contributed by atoms with van der Waals surface area (Å²) >= 11 is 0. The van der Waals surface area contributed by atoms with Crippen LogP contribution in [0.25, 0.3) is 11.0 Å². The number of carboxylic acid groups (broad SMARTS) is 1. The second-order valence-electron chi connectivity index (χ2n) is 7.76. The summed E-state index contributed by atoms with van der Waals surface area (Å²) in [4.78, 5) is 38.4. The van der Waals surface area contributed by atoms with Gasteiger partial charge in [-0.05, 0) is 30.5 Å². The van der Waals surface area contributed by atoms with Crippen LogP contribution in [-0.4, -0.2) is 55.5 Å². The van der Waals surface area contributed by atoms with Crippen LogP contribution in [0.3, 0.4) is 0 Å². The molecule has 3 aromatic rings. The number of nitrogens with zero attached hydrogens (tertiary/aromatic N) is 5. The molecule has 1 aliphatic rings. The molecular weight excluding hydrogens is 408 g/mol. The normalized spacial score (nSPS) is 13.5. The topological polar surface area (TPSA) is 113 Å². The first kappa shape index (κ1) is 23.2. The molecule has 9 heteroatoms. The SMILES string of the molecule is CC.CN(C)C(=O)c1cc2cnc(Nc3ccc(CC(=O)O)cn3)nc2n1C1CCCC1. The van der Waals surface area contributed by atoms with Crippen LogP contribution in [0.1, 0.15) is 61.6 Å². The van der Waals surface area contributed by atoms with Crippen LogP contribution >= 0.6 is 0 Å². The van der Waals surface area contributed by atoms with Crippen molar-refractivity contribution in [3.05, 3.63) is 41.9 Å². The van der Waals surface area contributed by atoms with E-state index in [-0.39, 0.29) is 18.4 Å². The zero-order valence-electron chi connectivity index (χ0n) is 19.0. The number of carboxylic acids is 1. The van der Waals surface area contributed by atoms with Crippen LogP contribution in [0.2, 0.25) is 0 Å². The van der Waals surface area contributed by atoms with E-state index in [0.29, 0.717) is 23.0 Å². The summed E-state index contributed by atoms with van der Waals surface area (Å²) in [7, 11) is 3.49. The van der Waals surface area contributed by atoms with Crippen LogP contribution in [0.5, 0.6) is 0 Å². The highest BCUT2D eigenvalue weighted by Crippen LogP contribution is 2.34. The predicted octanol–water partition coefficient (Wildman–Crippen LogP) is 4.04. The van der Waals surface area contributed by atoms with E-state index in [0.717, 1.165) is 36.7 Å². The van der Waals surface area contributed by atoms with E-state index in [1.807, 2.05) is 19.9 Å². The number of rotatable bonds is 6. The first-order chi connectivity index (χ1) is 15.4. The number of fused-ring (bicyclic) bond motifs is 1. The molecule has 0 saturated heterocycles. The maximum Gasteiger partial charge on any atom is 0.307 e. The maximum absolute atomic E-state index is 12.8. The van der Waals surface area contributed by atoms with Crippen molar-refractivity contribution in [2.24, 2.45) is 0 Å². The van der Waals surface area contributed by atoms with Gasteiger partial charge in [0.25, 0.3) is 5.91 Å². The lowest BCUT2D eigenvalue weighted by atomic mass is 10.2. The predicted molar refractivity (Wildman–Crippen MR) is 123 cm³/mol. The number of carbonyl (C=O) groups is 2. The average Bonchev–Trinajstić information content (AvgIpc) is 3.43. The summed E-state index contributed by atoms with van der Waals surface area (Å²) in [5, 5.41) is 12.8. The molecule has 9 nitrogen and oxygen atoms in total. The Morgan fingerprint density at radius 1 is 1.16 bits per heavy atom. The van der Waals surface area contributed by atoms with Gasteiger partial charge in [0.15, 0.2) is 0 Å². The summed E-state index contributed by atoms with van der Waals surface area (Å²) in [5.41, 5.74) is 1.97. The van der Waals surface area contributed by atoms with E-state index < -0.39 is 5.97 Å². The maximum atomic E-state index is 12.8. The fourth-order valence-electron chi connectivity index (χ4n) is 3.89. The lowest BCUT2D eigenvalue weighted by Gasteiger charge is -2.19. The number of anilines is 2. The fourth-order valence-corrected chi connectivity index (χ4v) is 3.89. The van der Waals surface area contributed by atoms with Gasteiger partial charge in [-0.15, -0.1) is 0 Å². The number of aliphatic carboxylic acids is 1. The third-order valence-electron chi connectivity index (χ3n) is 5.31. The molecule has 2 N–H and O–H groups in total. The van der Waals surface area contributed by atoms with Crippen molar-refractivity contribution in [3.8, 4) is 0 Å². The van der Waals surface area contributed by atoms with Gasteiger partial charge in [-0.3, -0.25) is 9.59 Å². The summed E-state index contributed by atoms with van der Waals surface area (Å²) < 4.78 is 2.06. The Morgan fingerprint density at radius 3 is 2.47 bits per heavy atom. The molecule has 0 atom stereocenters. The van der Waals surface area contributed by atoms with Crippen LogP contribution in [0, 0.1) is 0 Å². The number of amides is 1. The number of pyridine rings is 1. The van der Waals surface area contributed by atoms with Crippen molar-refractivity contribution in [2.75, 3.05) is 19.4 Å². The molecule has 0 bridgehead atoms. The molecule has 1 aliphatic carbocycles. The average molecular weight is 439 g/mol. The summed E-state index contributed by atoms with van der Waals surface area (Å²) in [6, 6.07) is 5.51. The van der Waals surface area contributed by atoms with Gasteiger partial charge in [-0.25, -0.2) is 9.97 Å². The summed E-state index contributed by atoms with van der Waals surface area (Å²) in [5.74, 6) is -0.0543. The number of aromatic nitrogens is 4. The highest BCUT2D eigenvalue weighted by atomic mass is 16.4. The first-order valence-corrected chi connectivity index (χ1v) is 11.0. The van der Waals surface area contributed by atoms with Gasteiger partial charge in [-0.2, -0.15) is 4.98 Å². The number of hydrogen-bond acceptors (Lipinski definition) is 6. The largest absolute Gasteiger partial charge is 0.481 e. The lowest BCUT2D eigenvalue weighted by molar-refractivity contribution is -0.136. The number of hydrogen-bond donors (Lipinski definition) is 2. The monoisotopic (exact) mass is 438 g/mol. The molecule has 4 rings (SSSR count). The third-order valence-corrected chi connectivity index (χ3v) is 5.31. The van der Waals surface area contributed by atoms with Gasteiger partial charge < -0.3 is 19.9 Å². The van der Waals surface area contributed by atoms with Crippen LogP contribution < -0.4 is 5.32 Å². The van der Waals surface area contributed by atoms with E-state index in [1.165, 1.54) is 6.20 Å². The van der Waals surface area contributed by atoms with Gasteiger partial charge in [0.2, 0.25) is 5.95 Å². The van der Waals surface area contributed by atoms with Gasteiger partial charge in [0.1, 0.15) is 17.2 Å². The van der Waals surface area contributed by atoms with Crippen molar-refractivity contribution in [1.82, 2.24) is 24.4 Å². The lowest BCUT2D eigenvalue weighted by Crippen LogP contribution is -2.25. The molecule has 0 aliphatic heterocycles. The van der Waals surface area contributed by atoms with Gasteiger partial charge >= 0.3 is 5.97 Å². The summed E-state index contributed by atoms with van der Waals surface area (Å²) in [6.07, 6.45) is 7.48. The molecule has 1 amide bonds. The van der Waals surface area contributed by atoms with Crippen LogP contribution in [-0.2, 0) is 11.2 Å². The molecule has 0 unspecified atom stereocenters. The van der Waals surface area contributed by atoms with E-state index in [2.05, 4.69) is 24.8 Å². The molecule has 170 valence electrons. The molecule has 1 saturated carbocycles. The highest BCUT2D eigenvalue weighted by Gasteiger charge is 2.26. The minimum absolute atomic E-state index is 0.0508. The standard InChI is InChI=1S/C21H24N6O3.C2H6/c1-26(2)20(30)16-10-14-12-23-21(25-19(14)27(16)15-5-3-4-6-15)24-17-8-7-13(11-22-17)9-18(28)29;1-2/h7-8,10-12,15H,3-6,9H2,1-2H3,(H,28,29)(H,22,23,24,25);1-2H3. The number of nitrogens with one attached hydrogen (secondary N) is 1. The van der Waals surface area contributed by atoms with E-state index in [1.54, 1.807) is 37.3 Å². The zero-order chi connectivity index (χ0) is 23.3. The first-order valence-electron chi connectivity index (χ1n) is 11.0. The Kier molecular flexibility index (Phi) is 7.40. The smallest absolute Gasteiger partial charge is 0.307 e. The molecule has 1 fully saturated rings. The van der Waals surface area contributed by atoms with E-state index >= 15 is 0 Å². The molecule has 0 spiro atoms. The molecule has 0 radical (unpaired) electrons. The molecule has 3 aromatic heterocycles. The Hall–Kier alpha value is -3.49. The van der Waals surface area contributed by atoms with Crippen molar-refractivity contribution < 1.29 is 14.7 Å². The quantitative estimate of drug-likeness (QED) is 0.597. The van der Waals surface area contributed by atoms with E-state index in [4.69, 9.17) is 5.11 Å². The Morgan fingerprint density at radius 2 is 1.88 bits per heavy atom. The van der Waals surface area contributed by atoms with Gasteiger partial charge in [0.05, 0.1) is 6.42 Å².